The minimum absolute atomic E-state index is 0.0337. The number of aromatic hydroxyl groups is 1. The van der Waals surface area contributed by atoms with Crippen LogP contribution in [0.2, 0.25) is 0 Å². The van der Waals surface area contributed by atoms with Crippen molar-refractivity contribution in [3.05, 3.63) is 28.2 Å². The van der Waals surface area contributed by atoms with Gasteiger partial charge in [-0.25, -0.2) is 4.79 Å². The van der Waals surface area contributed by atoms with E-state index in [-0.39, 0.29) is 11.7 Å². The van der Waals surface area contributed by atoms with Gasteiger partial charge in [0.25, 0.3) is 5.91 Å². The van der Waals surface area contributed by atoms with Gasteiger partial charge in [-0.2, -0.15) is 5.10 Å². The van der Waals surface area contributed by atoms with Crippen LogP contribution in [-0.4, -0.2) is 33.8 Å². The van der Waals surface area contributed by atoms with Crippen molar-refractivity contribution in [1.82, 2.24) is 10.3 Å². The van der Waals surface area contributed by atoms with Crippen molar-refractivity contribution in [3.8, 4) is 5.75 Å². The van der Waals surface area contributed by atoms with Gasteiger partial charge in [-0.15, -0.1) is 5.01 Å². The summed E-state index contributed by atoms with van der Waals surface area (Å²) >= 11 is 3.30. The molecule has 0 aromatic heterocycles. The first-order valence-electron chi connectivity index (χ1n) is 7.21. The summed E-state index contributed by atoms with van der Waals surface area (Å²) in [6.07, 6.45) is 5.57. The molecular weight excluding hydrogens is 350 g/mol. The molecule has 6 nitrogen and oxygen atoms in total. The first kappa shape index (κ1) is 15.0. The second kappa shape index (κ2) is 5.72. The Bertz CT molecular complexity index is 653. The smallest absolute Gasteiger partial charge is 0.346 e. The molecule has 3 amide bonds. The topological polar surface area (TPSA) is 82.0 Å². The molecule has 2 fully saturated rings. The highest BCUT2D eigenvalue weighted by atomic mass is 79.9. The molecule has 1 aromatic rings. The first-order chi connectivity index (χ1) is 10.5. The van der Waals surface area contributed by atoms with E-state index in [1.807, 2.05) is 0 Å². The van der Waals surface area contributed by atoms with Crippen LogP contribution in [0.3, 0.4) is 0 Å². The number of carbonyl (C=O) groups is 2. The molecule has 22 heavy (non-hydrogen) atoms. The summed E-state index contributed by atoms with van der Waals surface area (Å²) in [5.41, 5.74) is -0.356. The summed E-state index contributed by atoms with van der Waals surface area (Å²) in [7, 11) is 0. The molecule has 1 spiro atoms. The van der Waals surface area contributed by atoms with Gasteiger partial charge in [0, 0.05) is 10.0 Å². The number of urea groups is 1. The molecule has 7 heteroatoms. The summed E-state index contributed by atoms with van der Waals surface area (Å²) in [5, 5.41) is 17.4. The lowest BCUT2D eigenvalue weighted by Crippen LogP contribution is -2.48. The molecule has 2 N–H and O–H groups in total. The van der Waals surface area contributed by atoms with E-state index >= 15 is 0 Å². The number of halogens is 1. The van der Waals surface area contributed by atoms with Gasteiger partial charge >= 0.3 is 6.03 Å². The molecule has 3 rings (SSSR count). The summed E-state index contributed by atoms with van der Waals surface area (Å²) in [6, 6.07) is 4.36. The van der Waals surface area contributed by atoms with Crippen LogP contribution in [0.25, 0.3) is 0 Å². The Morgan fingerprint density at radius 3 is 2.73 bits per heavy atom. The molecule has 1 aliphatic heterocycles. The molecule has 0 radical (unpaired) electrons. The second-order valence-electron chi connectivity index (χ2n) is 5.64. The Morgan fingerprint density at radius 2 is 2.00 bits per heavy atom. The van der Waals surface area contributed by atoms with Gasteiger partial charge in [-0.3, -0.25) is 4.79 Å². The number of imide groups is 1. The molecule has 0 bridgehead atoms. The van der Waals surface area contributed by atoms with Crippen molar-refractivity contribution >= 4 is 34.1 Å². The number of hydrogen-bond acceptors (Lipinski definition) is 4. The maximum absolute atomic E-state index is 12.5. The van der Waals surface area contributed by atoms with Gasteiger partial charge in [-0.1, -0.05) is 35.2 Å². The van der Waals surface area contributed by atoms with Crippen LogP contribution in [0.15, 0.2) is 27.8 Å². The van der Waals surface area contributed by atoms with Gasteiger partial charge < -0.3 is 10.4 Å². The zero-order chi connectivity index (χ0) is 15.7. The van der Waals surface area contributed by atoms with Crippen LogP contribution < -0.4 is 5.32 Å². The molecule has 1 saturated heterocycles. The van der Waals surface area contributed by atoms with Gasteiger partial charge in [0.05, 0.1) is 6.21 Å². The third-order valence-electron chi connectivity index (χ3n) is 4.15. The van der Waals surface area contributed by atoms with Crippen LogP contribution in [0.1, 0.15) is 37.7 Å². The van der Waals surface area contributed by atoms with Crippen LogP contribution >= 0.6 is 15.9 Å². The average molecular weight is 366 g/mol. The maximum Gasteiger partial charge on any atom is 0.346 e. The van der Waals surface area contributed by atoms with Crippen molar-refractivity contribution in [2.75, 3.05) is 0 Å². The van der Waals surface area contributed by atoms with Crippen molar-refractivity contribution < 1.29 is 14.7 Å². The van der Waals surface area contributed by atoms with Crippen LogP contribution in [-0.2, 0) is 4.79 Å². The number of benzene rings is 1. The van der Waals surface area contributed by atoms with E-state index in [2.05, 4.69) is 26.3 Å². The Labute approximate surface area is 136 Å². The fraction of sp³-hybridized carbons (Fsp3) is 0.400. The molecule has 1 saturated carbocycles. The van der Waals surface area contributed by atoms with E-state index in [1.165, 1.54) is 12.3 Å². The number of hydrazone groups is 1. The molecule has 1 heterocycles. The molecule has 1 aliphatic carbocycles. The Balaban J connectivity index is 1.83. The third-order valence-corrected chi connectivity index (χ3v) is 4.64. The normalized spacial score (nSPS) is 20.9. The maximum atomic E-state index is 12.5. The highest BCUT2D eigenvalue weighted by Gasteiger charge is 2.51. The highest BCUT2D eigenvalue weighted by Crippen LogP contribution is 2.33. The largest absolute Gasteiger partial charge is 0.507 e. The number of amides is 3. The molecule has 2 aliphatic rings. The van der Waals surface area contributed by atoms with E-state index in [1.54, 1.807) is 12.1 Å². The predicted molar refractivity (Wildman–Crippen MR) is 84.6 cm³/mol. The minimum Gasteiger partial charge on any atom is -0.507 e. The molecular formula is C15H16BrN3O3. The van der Waals surface area contributed by atoms with E-state index in [4.69, 9.17) is 0 Å². The second-order valence-corrected chi connectivity index (χ2v) is 6.55. The Kier molecular flexibility index (Phi) is 3.90. The summed E-state index contributed by atoms with van der Waals surface area (Å²) < 4.78 is 0.771. The minimum atomic E-state index is -0.786. The lowest BCUT2D eigenvalue weighted by Gasteiger charge is -2.29. The summed E-state index contributed by atoms with van der Waals surface area (Å²) in [6.45, 7) is 0. The predicted octanol–water partition coefficient (Wildman–Crippen LogP) is 2.74. The van der Waals surface area contributed by atoms with Gasteiger partial charge in [0.15, 0.2) is 0 Å². The molecule has 1 aromatic carbocycles. The SMILES string of the molecule is O=C1NC2(CCCCC2)C(=O)N1/N=C\c1cc(Br)ccc1O. The third kappa shape index (κ3) is 2.61. The number of phenolic OH excluding ortho intramolecular Hbond substituents is 1. The number of phenols is 1. The number of nitrogens with zero attached hydrogens (tertiary/aromatic N) is 2. The van der Waals surface area contributed by atoms with Gasteiger partial charge in [-0.05, 0) is 31.0 Å². The van der Waals surface area contributed by atoms with Crippen molar-refractivity contribution in [1.29, 1.82) is 0 Å². The lowest BCUT2D eigenvalue weighted by atomic mass is 9.82. The van der Waals surface area contributed by atoms with Crippen LogP contribution in [0.5, 0.6) is 5.75 Å². The number of hydrogen-bond donors (Lipinski definition) is 2. The number of rotatable bonds is 2. The summed E-state index contributed by atoms with van der Waals surface area (Å²) in [4.78, 5) is 24.6. The van der Waals surface area contributed by atoms with Crippen molar-refractivity contribution in [2.45, 2.75) is 37.6 Å². The van der Waals surface area contributed by atoms with E-state index in [9.17, 15) is 14.7 Å². The summed E-state index contributed by atoms with van der Waals surface area (Å²) in [5.74, 6) is -0.269. The average Bonchev–Trinajstić information content (AvgIpc) is 2.72. The van der Waals surface area contributed by atoms with E-state index in [0.29, 0.717) is 18.4 Å². The Morgan fingerprint density at radius 1 is 1.27 bits per heavy atom. The lowest BCUT2D eigenvalue weighted by molar-refractivity contribution is -0.132. The number of nitrogens with one attached hydrogen (secondary N) is 1. The van der Waals surface area contributed by atoms with E-state index in [0.717, 1.165) is 28.7 Å². The molecule has 0 unspecified atom stereocenters. The Hall–Kier alpha value is -1.89. The van der Waals surface area contributed by atoms with Crippen LogP contribution in [0, 0.1) is 0 Å². The fourth-order valence-electron chi connectivity index (χ4n) is 2.95. The zero-order valence-electron chi connectivity index (χ0n) is 11.9. The highest BCUT2D eigenvalue weighted by molar-refractivity contribution is 9.10. The standard InChI is InChI=1S/C15H16BrN3O3/c16-11-4-5-12(20)10(8-11)9-17-19-13(21)15(18-14(19)22)6-2-1-3-7-15/h4-5,8-9,20H,1-3,6-7H2,(H,18,22)/b17-9-. The zero-order valence-corrected chi connectivity index (χ0v) is 13.5. The van der Waals surface area contributed by atoms with Crippen molar-refractivity contribution in [3.63, 3.8) is 0 Å². The first-order valence-corrected chi connectivity index (χ1v) is 8.00. The molecule has 0 atom stereocenters. The monoisotopic (exact) mass is 365 g/mol. The molecule has 116 valence electrons. The van der Waals surface area contributed by atoms with E-state index < -0.39 is 11.6 Å². The van der Waals surface area contributed by atoms with Gasteiger partial charge in [0.2, 0.25) is 0 Å². The van der Waals surface area contributed by atoms with Gasteiger partial charge in [0.1, 0.15) is 11.3 Å². The van der Waals surface area contributed by atoms with Crippen LogP contribution in [0.4, 0.5) is 4.79 Å². The quantitative estimate of drug-likeness (QED) is 0.624. The van der Waals surface area contributed by atoms with Crippen molar-refractivity contribution in [2.24, 2.45) is 5.10 Å². The fourth-order valence-corrected chi connectivity index (χ4v) is 3.33. The number of carbonyl (C=O) groups excluding carboxylic acids is 2.